The van der Waals surface area contributed by atoms with Crippen LogP contribution in [0.25, 0.3) is 6.08 Å². The van der Waals surface area contributed by atoms with E-state index in [1.54, 1.807) is 18.2 Å². The fourth-order valence-corrected chi connectivity index (χ4v) is 3.20. The predicted octanol–water partition coefficient (Wildman–Crippen LogP) is 5.93. The molecule has 0 bridgehead atoms. The summed E-state index contributed by atoms with van der Waals surface area (Å²) >= 11 is 9.79. The third-order valence-corrected chi connectivity index (χ3v) is 5.17. The van der Waals surface area contributed by atoms with Crippen LogP contribution in [0.5, 0.6) is 11.5 Å². The zero-order valence-corrected chi connectivity index (χ0v) is 17.9. The van der Waals surface area contributed by atoms with Gasteiger partial charge in [-0.2, -0.15) is 5.26 Å². The first kappa shape index (κ1) is 21.4. The van der Waals surface area contributed by atoms with Crippen molar-refractivity contribution in [1.29, 1.82) is 5.26 Å². The second-order valence-electron chi connectivity index (χ2n) is 6.24. The van der Waals surface area contributed by atoms with Crippen LogP contribution in [0, 0.1) is 11.3 Å². The number of hydrogen-bond donors (Lipinski definition) is 2. The summed E-state index contributed by atoms with van der Waals surface area (Å²) in [6.45, 7) is 0.342. The lowest BCUT2D eigenvalue weighted by atomic mass is 10.1. The van der Waals surface area contributed by atoms with Gasteiger partial charge in [-0.05, 0) is 54.1 Å². The van der Waals surface area contributed by atoms with Crippen LogP contribution < -0.4 is 10.1 Å². The number of anilines is 1. The van der Waals surface area contributed by atoms with Gasteiger partial charge < -0.3 is 15.2 Å². The molecule has 0 aliphatic heterocycles. The molecular weight excluding hydrogens is 468 g/mol. The number of hydrogen-bond acceptors (Lipinski definition) is 4. The van der Waals surface area contributed by atoms with Crippen LogP contribution in [0.15, 0.2) is 76.8 Å². The van der Waals surface area contributed by atoms with E-state index in [0.29, 0.717) is 28.6 Å². The van der Waals surface area contributed by atoms with Gasteiger partial charge in [-0.1, -0.05) is 51.8 Å². The Labute approximate surface area is 187 Å². The maximum absolute atomic E-state index is 12.3. The predicted molar refractivity (Wildman–Crippen MR) is 120 cm³/mol. The number of nitriles is 1. The molecule has 0 atom stereocenters. The van der Waals surface area contributed by atoms with E-state index in [4.69, 9.17) is 16.3 Å². The lowest BCUT2D eigenvalue weighted by Crippen LogP contribution is -2.13. The van der Waals surface area contributed by atoms with Crippen molar-refractivity contribution in [2.75, 3.05) is 5.32 Å². The van der Waals surface area contributed by atoms with Crippen LogP contribution in [0.3, 0.4) is 0 Å². The second kappa shape index (κ2) is 9.97. The normalized spacial score (nSPS) is 10.9. The zero-order chi connectivity index (χ0) is 21.5. The largest absolute Gasteiger partial charge is 0.508 e. The fraction of sp³-hybridized carbons (Fsp3) is 0.0435. The number of phenols is 1. The third kappa shape index (κ3) is 5.63. The van der Waals surface area contributed by atoms with Crippen LogP contribution in [0.1, 0.15) is 11.1 Å². The SMILES string of the molecule is N#C/C(=C\c1ccc(OCc2ccccc2Br)c(Cl)c1)C(=O)Nc1ccc(O)cc1. The molecule has 0 unspecified atom stereocenters. The van der Waals surface area contributed by atoms with Gasteiger partial charge in [-0.15, -0.1) is 0 Å². The molecule has 30 heavy (non-hydrogen) atoms. The number of rotatable bonds is 6. The standard InChI is InChI=1S/C23H16BrClN2O3/c24-20-4-2-1-3-16(20)14-30-22-10-5-15(12-21(22)25)11-17(13-26)23(29)27-18-6-8-19(28)9-7-18/h1-12,28H,14H2,(H,27,29)/b17-11+. The highest BCUT2D eigenvalue weighted by Gasteiger charge is 2.11. The number of benzene rings is 3. The topological polar surface area (TPSA) is 82.3 Å². The van der Waals surface area contributed by atoms with Gasteiger partial charge in [0.2, 0.25) is 0 Å². The minimum Gasteiger partial charge on any atom is -0.508 e. The fourth-order valence-electron chi connectivity index (χ4n) is 2.55. The van der Waals surface area contributed by atoms with Crippen molar-refractivity contribution in [3.05, 3.63) is 92.9 Å². The number of phenolic OH excluding ortho intramolecular Hbond substituents is 1. The van der Waals surface area contributed by atoms with Gasteiger partial charge in [0.25, 0.3) is 5.91 Å². The summed E-state index contributed by atoms with van der Waals surface area (Å²) < 4.78 is 6.72. The minimum atomic E-state index is -0.562. The Balaban J connectivity index is 1.71. The molecular formula is C23H16BrClN2O3. The molecule has 3 aromatic carbocycles. The van der Waals surface area contributed by atoms with Crippen molar-refractivity contribution in [3.8, 4) is 17.6 Å². The molecule has 0 radical (unpaired) electrons. The summed E-state index contributed by atoms with van der Waals surface area (Å²) in [5.41, 5.74) is 1.95. The molecule has 2 N–H and O–H groups in total. The molecule has 0 spiro atoms. The number of ether oxygens (including phenoxy) is 1. The number of carbonyl (C=O) groups is 1. The molecule has 3 rings (SSSR count). The minimum absolute atomic E-state index is 0.0824. The number of aromatic hydroxyl groups is 1. The van der Waals surface area contributed by atoms with Crippen molar-refractivity contribution in [1.82, 2.24) is 0 Å². The van der Waals surface area contributed by atoms with Gasteiger partial charge in [0.05, 0.1) is 5.02 Å². The maximum Gasteiger partial charge on any atom is 0.266 e. The highest BCUT2D eigenvalue weighted by atomic mass is 79.9. The van der Waals surface area contributed by atoms with Gasteiger partial charge in [0, 0.05) is 15.7 Å². The van der Waals surface area contributed by atoms with Crippen molar-refractivity contribution >= 4 is 45.2 Å². The van der Waals surface area contributed by atoms with E-state index >= 15 is 0 Å². The Morgan fingerprint density at radius 2 is 1.90 bits per heavy atom. The Morgan fingerprint density at radius 3 is 2.57 bits per heavy atom. The summed E-state index contributed by atoms with van der Waals surface area (Å²) in [6, 6.07) is 20.6. The number of nitrogens with one attached hydrogen (secondary N) is 1. The van der Waals surface area contributed by atoms with Crippen LogP contribution in [0.2, 0.25) is 5.02 Å². The molecule has 150 valence electrons. The van der Waals surface area contributed by atoms with Crippen LogP contribution in [0.4, 0.5) is 5.69 Å². The lowest BCUT2D eigenvalue weighted by Gasteiger charge is -2.10. The molecule has 1 amide bonds. The molecule has 0 saturated carbocycles. The maximum atomic E-state index is 12.3. The smallest absolute Gasteiger partial charge is 0.266 e. The highest BCUT2D eigenvalue weighted by Crippen LogP contribution is 2.28. The molecule has 0 aliphatic rings. The Morgan fingerprint density at radius 1 is 1.17 bits per heavy atom. The van der Waals surface area contributed by atoms with Crippen molar-refractivity contribution < 1.29 is 14.6 Å². The molecule has 3 aromatic rings. The van der Waals surface area contributed by atoms with Crippen molar-refractivity contribution in [2.24, 2.45) is 0 Å². The van der Waals surface area contributed by atoms with Gasteiger partial charge in [0.15, 0.2) is 0 Å². The van der Waals surface area contributed by atoms with Gasteiger partial charge in [0.1, 0.15) is 29.7 Å². The highest BCUT2D eigenvalue weighted by molar-refractivity contribution is 9.10. The van der Waals surface area contributed by atoms with E-state index in [1.165, 1.54) is 30.3 Å². The average Bonchev–Trinajstić information content (AvgIpc) is 2.74. The van der Waals surface area contributed by atoms with Gasteiger partial charge in [-0.25, -0.2) is 0 Å². The number of nitrogens with zero attached hydrogens (tertiary/aromatic N) is 1. The van der Waals surface area contributed by atoms with E-state index in [-0.39, 0.29) is 11.3 Å². The number of amides is 1. The van der Waals surface area contributed by atoms with E-state index in [0.717, 1.165) is 10.0 Å². The van der Waals surface area contributed by atoms with Gasteiger partial charge in [-0.3, -0.25) is 4.79 Å². The molecule has 0 heterocycles. The van der Waals surface area contributed by atoms with Crippen molar-refractivity contribution in [3.63, 3.8) is 0 Å². The van der Waals surface area contributed by atoms with Gasteiger partial charge >= 0.3 is 0 Å². The molecule has 0 aromatic heterocycles. The first-order valence-electron chi connectivity index (χ1n) is 8.84. The Bertz CT molecular complexity index is 1140. The van der Waals surface area contributed by atoms with E-state index in [9.17, 15) is 15.2 Å². The lowest BCUT2D eigenvalue weighted by molar-refractivity contribution is -0.112. The molecule has 0 fully saturated rings. The van der Waals surface area contributed by atoms with E-state index < -0.39 is 5.91 Å². The van der Waals surface area contributed by atoms with E-state index in [1.807, 2.05) is 30.3 Å². The Kier molecular flexibility index (Phi) is 7.12. The summed E-state index contributed by atoms with van der Waals surface area (Å²) in [5.74, 6) is 0.0193. The average molecular weight is 484 g/mol. The Hall–Kier alpha value is -3.27. The first-order chi connectivity index (χ1) is 14.5. The summed E-state index contributed by atoms with van der Waals surface area (Å²) in [7, 11) is 0. The van der Waals surface area contributed by atoms with Crippen LogP contribution in [-0.2, 0) is 11.4 Å². The summed E-state index contributed by atoms with van der Waals surface area (Å²) in [6.07, 6.45) is 1.44. The molecule has 0 aliphatic carbocycles. The third-order valence-electron chi connectivity index (χ3n) is 4.10. The zero-order valence-electron chi connectivity index (χ0n) is 15.6. The summed E-state index contributed by atoms with van der Waals surface area (Å²) in [4.78, 5) is 12.3. The first-order valence-corrected chi connectivity index (χ1v) is 10.0. The molecule has 0 saturated heterocycles. The quantitative estimate of drug-likeness (QED) is 0.258. The van der Waals surface area contributed by atoms with E-state index in [2.05, 4.69) is 21.2 Å². The summed E-state index contributed by atoms with van der Waals surface area (Å²) in [5, 5.41) is 21.6. The molecule has 7 heteroatoms. The number of halogens is 2. The van der Waals surface area contributed by atoms with Crippen LogP contribution in [-0.4, -0.2) is 11.0 Å². The monoisotopic (exact) mass is 482 g/mol. The van der Waals surface area contributed by atoms with Crippen molar-refractivity contribution in [2.45, 2.75) is 6.61 Å². The van der Waals surface area contributed by atoms with Crippen LogP contribution >= 0.6 is 27.5 Å². The second-order valence-corrected chi connectivity index (χ2v) is 7.50. The molecule has 5 nitrogen and oxygen atoms in total. The number of carbonyl (C=O) groups excluding carboxylic acids is 1.